The lowest BCUT2D eigenvalue weighted by Crippen LogP contribution is -2.40. The third-order valence-corrected chi connectivity index (χ3v) is 6.74. The maximum Gasteiger partial charge on any atom is 0.226 e. The average molecular weight is 348 g/mol. The van der Waals surface area contributed by atoms with E-state index in [1.807, 2.05) is 6.20 Å². The van der Waals surface area contributed by atoms with Crippen molar-refractivity contribution >= 4 is 5.91 Å². The largest absolute Gasteiger partial charge is 0.342 e. The molecule has 0 bridgehead atoms. The van der Waals surface area contributed by atoms with Gasteiger partial charge in [0.1, 0.15) is 6.33 Å². The Bertz CT molecular complexity index is 793. The minimum atomic E-state index is 0.346. The van der Waals surface area contributed by atoms with E-state index in [-0.39, 0.29) is 0 Å². The SMILES string of the molecule is O=C([C@@H]1CC12CCC2)N1CCC(c2ccc(-c3cncnc3)cn2)CC1. The first-order chi connectivity index (χ1) is 12.8. The van der Waals surface area contributed by atoms with E-state index in [1.54, 1.807) is 12.4 Å². The Morgan fingerprint density at radius 2 is 1.81 bits per heavy atom. The first kappa shape index (κ1) is 15.9. The molecule has 26 heavy (non-hydrogen) atoms. The molecule has 2 aromatic heterocycles. The van der Waals surface area contributed by atoms with Crippen molar-refractivity contribution in [3.8, 4) is 11.1 Å². The van der Waals surface area contributed by atoms with Crippen LogP contribution in [0, 0.1) is 11.3 Å². The van der Waals surface area contributed by atoms with E-state index in [0.29, 0.717) is 23.2 Å². The Morgan fingerprint density at radius 1 is 1.04 bits per heavy atom. The topological polar surface area (TPSA) is 59.0 Å². The smallest absolute Gasteiger partial charge is 0.226 e. The third kappa shape index (κ3) is 2.70. The molecule has 0 aromatic carbocycles. The minimum Gasteiger partial charge on any atom is -0.342 e. The quantitative estimate of drug-likeness (QED) is 0.853. The maximum atomic E-state index is 12.7. The van der Waals surface area contributed by atoms with Gasteiger partial charge in [0.2, 0.25) is 5.91 Å². The highest BCUT2D eigenvalue weighted by Gasteiger charge is 2.61. The Labute approximate surface area is 153 Å². The molecule has 5 rings (SSSR count). The number of piperidine rings is 1. The van der Waals surface area contributed by atoms with Gasteiger partial charge in [-0.15, -0.1) is 0 Å². The van der Waals surface area contributed by atoms with Gasteiger partial charge < -0.3 is 4.90 Å². The summed E-state index contributed by atoms with van der Waals surface area (Å²) in [7, 11) is 0. The molecule has 2 aliphatic carbocycles. The average Bonchev–Trinajstić information content (AvgIpc) is 3.45. The van der Waals surface area contributed by atoms with E-state index >= 15 is 0 Å². The van der Waals surface area contributed by atoms with Crippen molar-refractivity contribution in [1.29, 1.82) is 0 Å². The van der Waals surface area contributed by atoms with Gasteiger partial charge in [0.05, 0.1) is 0 Å². The highest BCUT2D eigenvalue weighted by molar-refractivity contribution is 5.83. The number of carbonyl (C=O) groups excluding carboxylic acids is 1. The number of carbonyl (C=O) groups is 1. The summed E-state index contributed by atoms with van der Waals surface area (Å²) in [6, 6.07) is 4.22. The van der Waals surface area contributed by atoms with Gasteiger partial charge in [0.25, 0.3) is 0 Å². The number of nitrogens with zero attached hydrogens (tertiary/aromatic N) is 4. The van der Waals surface area contributed by atoms with Crippen molar-refractivity contribution in [2.24, 2.45) is 11.3 Å². The fourth-order valence-corrected chi connectivity index (χ4v) is 4.76. The van der Waals surface area contributed by atoms with Crippen LogP contribution in [0.2, 0.25) is 0 Å². The van der Waals surface area contributed by atoms with Crippen molar-refractivity contribution in [1.82, 2.24) is 19.9 Å². The van der Waals surface area contributed by atoms with Crippen LogP contribution >= 0.6 is 0 Å². The molecule has 1 amide bonds. The Morgan fingerprint density at radius 3 is 2.38 bits per heavy atom. The summed E-state index contributed by atoms with van der Waals surface area (Å²) in [6.45, 7) is 1.76. The molecule has 5 nitrogen and oxygen atoms in total. The predicted molar refractivity (Wildman–Crippen MR) is 98.2 cm³/mol. The van der Waals surface area contributed by atoms with Gasteiger partial charge in [0, 0.05) is 60.3 Å². The lowest BCUT2D eigenvalue weighted by Gasteiger charge is -2.34. The van der Waals surface area contributed by atoms with Gasteiger partial charge in [-0.2, -0.15) is 0 Å². The molecule has 2 aromatic rings. The van der Waals surface area contributed by atoms with Crippen LogP contribution in [0.5, 0.6) is 0 Å². The number of hydrogen-bond acceptors (Lipinski definition) is 4. The van der Waals surface area contributed by atoms with Crippen LogP contribution in [0.3, 0.4) is 0 Å². The first-order valence-electron chi connectivity index (χ1n) is 9.75. The molecule has 3 aliphatic rings. The number of amides is 1. The highest BCUT2D eigenvalue weighted by atomic mass is 16.2. The number of aromatic nitrogens is 3. The second-order valence-corrected chi connectivity index (χ2v) is 8.17. The van der Waals surface area contributed by atoms with Gasteiger partial charge in [-0.3, -0.25) is 9.78 Å². The van der Waals surface area contributed by atoms with Gasteiger partial charge >= 0.3 is 0 Å². The van der Waals surface area contributed by atoms with E-state index in [2.05, 4.69) is 32.0 Å². The normalized spacial score (nSPS) is 24.3. The first-order valence-corrected chi connectivity index (χ1v) is 9.75. The monoisotopic (exact) mass is 348 g/mol. The van der Waals surface area contributed by atoms with Crippen LogP contribution in [0.1, 0.15) is 50.1 Å². The summed E-state index contributed by atoms with van der Waals surface area (Å²) in [6.07, 6.45) is 14.1. The predicted octanol–water partition coefficient (Wildman–Crippen LogP) is 3.43. The van der Waals surface area contributed by atoms with Gasteiger partial charge in [-0.05, 0) is 43.6 Å². The molecule has 1 spiro atoms. The standard InChI is InChI=1S/C21H24N4O/c26-20(18-10-21(18)6-1-7-21)25-8-4-15(5-9-25)19-3-2-16(13-24-19)17-11-22-14-23-12-17/h2-3,11-15,18H,1,4-10H2/t18-/m0/s1. The molecule has 0 radical (unpaired) electrons. The lowest BCUT2D eigenvalue weighted by atomic mass is 9.79. The Kier molecular flexibility index (Phi) is 3.76. The van der Waals surface area contributed by atoms with Crippen molar-refractivity contribution < 1.29 is 4.79 Å². The van der Waals surface area contributed by atoms with Crippen LogP contribution in [0.4, 0.5) is 0 Å². The molecule has 3 fully saturated rings. The van der Waals surface area contributed by atoms with Gasteiger partial charge in [-0.1, -0.05) is 12.5 Å². The van der Waals surface area contributed by atoms with Crippen LogP contribution in [-0.2, 0) is 4.79 Å². The lowest BCUT2D eigenvalue weighted by molar-refractivity contribution is -0.135. The Balaban J connectivity index is 1.20. The highest BCUT2D eigenvalue weighted by Crippen LogP contribution is 2.66. The number of pyridine rings is 1. The number of likely N-dealkylation sites (tertiary alicyclic amines) is 1. The van der Waals surface area contributed by atoms with Crippen molar-refractivity contribution in [2.75, 3.05) is 13.1 Å². The molecule has 0 unspecified atom stereocenters. The van der Waals surface area contributed by atoms with Crippen LogP contribution in [0.25, 0.3) is 11.1 Å². The molecule has 5 heteroatoms. The van der Waals surface area contributed by atoms with E-state index in [0.717, 1.165) is 49.2 Å². The van der Waals surface area contributed by atoms with Crippen LogP contribution in [0.15, 0.2) is 37.1 Å². The van der Waals surface area contributed by atoms with Gasteiger partial charge in [0.15, 0.2) is 0 Å². The summed E-state index contributed by atoms with van der Waals surface area (Å²) in [5, 5.41) is 0. The van der Waals surface area contributed by atoms with Crippen LogP contribution < -0.4 is 0 Å². The third-order valence-electron chi connectivity index (χ3n) is 6.74. The second kappa shape index (κ2) is 6.15. The molecular formula is C21H24N4O. The van der Waals surface area contributed by atoms with Crippen LogP contribution in [-0.4, -0.2) is 38.8 Å². The Hall–Kier alpha value is -2.30. The molecule has 3 heterocycles. The summed E-state index contributed by atoms with van der Waals surface area (Å²) in [4.78, 5) is 27.6. The fraction of sp³-hybridized carbons (Fsp3) is 0.524. The minimum absolute atomic E-state index is 0.346. The van der Waals surface area contributed by atoms with E-state index in [1.165, 1.54) is 25.6 Å². The molecule has 134 valence electrons. The molecule has 1 saturated heterocycles. The summed E-state index contributed by atoms with van der Waals surface area (Å²) < 4.78 is 0. The van der Waals surface area contributed by atoms with E-state index < -0.39 is 0 Å². The summed E-state index contributed by atoms with van der Waals surface area (Å²) >= 11 is 0. The van der Waals surface area contributed by atoms with Crippen molar-refractivity contribution in [3.05, 3.63) is 42.7 Å². The zero-order valence-electron chi connectivity index (χ0n) is 15.0. The summed E-state index contributed by atoms with van der Waals surface area (Å²) in [5.74, 6) is 1.23. The number of hydrogen-bond donors (Lipinski definition) is 0. The molecular weight excluding hydrogens is 324 g/mol. The number of rotatable bonds is 3. The zero-order chi connectivity index (χ0) is 17.6. The van der Waals surface area contributed by atoms with E-state index in [9.17, 15) is 4.79 Å². The maximum absolute atomic E-state index is 12.7. The molecule has 0 N–H and O–H groups in total. The zero-order valence-corrected chi connectivity index (χ0v) is 15.0. The molecule has 2 saturated carbocycles. The second-order valence-electron chi connectivity index (χ2n) is 8.17. The van der Waals surface area contributed by atoms with Gasteiger partial charge in [-0.25, -0.2) is 9.97 Å². The van der Waals surface area contributed by atoms with Crippen molar-refractivity contribution in [3.63, 3.8) is 0 Å². The fourth-order valence-electron chi connectivity index (χ4n) is 4.76. The summed E-state index contributed by atoms with van der Waals surface area (Å²) in [5.41, 5.74) is 3.61. The van der Waals surface area contributed by atoms with E-state index in [4.69, 9.17) is 0 Å². The molecule has 1 aliphatic heterocycles. The molecule has 1 atom stereocenters. The van der Waals surface area contributed by atoms with Crippen molar-refractivity contribution in [2.45, 2.75) is 44.4 Å².